The van der Waals surface area contributed by atoms with Crippen molar-refractivity contribution >= 4 is 5.82 Å². The van der Waals surface area contributed by atoms with Gasteiger partial charge in [0.25, 0.3) is 0 Å². The fourth-order valence-corrected chi connectivity index (χ4v) is 1.45. The molecule has 1 heterocycles. The van der Waals surface area contributed by atoms with Gasteiger partial charge in [-0.1, -0.05) is 6.92 Å². The molecule has 0 aromatic carbocycles. The van der Waals surface area contributed by atoms with Crippen LogP contribution in [0.15, 0.2) is 12.3 Å². The van der Waals surface area contributed by atoms with Crippen molar-refractivity contribution in [2.45, 2.75) is 26.3 Å². The molecule has 1 rings (SSSR count). The summed E-state index contributed by atoms with van der Waals surface area (Å²) in [6, 6.07) is 1.86. The van der Waals surface area contributed by atoms with E-state index >= 15 is 0 Å². The Morgan fingerprint density at radius 1 is 1.56 bits per heavy atom. The lowest BCUT2D eigenvalue weighted by molar-refractivity contribution is 0.112. The van der Waals surface area contributed by atoms with Gasteiger partial charge in [0.2, 0.25) is 0 Å². The Kier molecular flexibility index (Phi) is 5.18. The zero-order chi connectivity index (χ0) is 12.0. The Balaban J connectivity index is 2.73. The highest BCUT2D eigenvalue weighted by Crippen LogP contribution is 2.19. The van der Waals surface area contributed by atoms with Crippen LogP contribution >= 0.6 is 0 Å². The number of ether oxygens (including phenoxy) is 1. The molecule has 5 N–H and O–H groups in total. The Bertz CT molecular complexity index is 330. The number of nitrogens with one attached hydrogen (secondary N) is 1. The Hall–Kier alpha value is -1.17. The fourth-order valence-electron chi connectivity index (χ4n) is 1.45. The van der Waals surface area contributed by atoms with E-state index in [1.54, 1.807) is 6.20 Å². The van der Waals surface area contributed by atoms with Gasteiger partial charge in [-0.15, -0.1) is 0 Å². The number of aryl methyl sites for hydroxylation is 1. The molecule has 0 fully saturated rings. The van der Waals surface area contributed by atoms with E-state index in [-0.39, 0.29) is 6.04 Å². The molecule has 1 aromatic heterocycles. The third kappa shape index (κ3) is 3.44. The summed E-state index contributed by atoms with van der Waals surface area (Å²) < 4.78 is 5.46. The summed E-state index contributed by atoms with van der Waals surface area (Å²) >= 11 is 0. The summed E-state index contributed by atoms with van der Waals surface area (Å²) in [5.74, 6) is 5.99. The molecule has 1 unspecified atom stereocenters. The third-order valence-corrected chi connectivity index (χ3v) is 2.30. The first-order chi connectivity index (χ1) is 7.69. The second-order valence-corrected chi connectivity index (χ2v) is 3.78. The van der Waals surface area contributed by atoms with Crippen LogP contribution in [0.25, 0.3) is 0 Å². The van der Waals surface area contributed by atoms with E-state index in [9.17, 15) is 0 Å². The molecular weight excluding hydrogens is 204 g/mol. The molecule has 0 aliphatic carbocycles. The van der Waals surface area contributed by atoms with Crippen LogP contribution in [0, 0.1) is 6.92 Å². The van der Waals surface area contributed by atoms with Gasteiger partial charge < -0.3 is 10.5 Å². The quantitative estimate of drug-likeness (QED) is 0.380. The molecular formula is C11H20N4O. The van der Waals surface area contributed by atoms with Crippen LogP contribution in [0.3, 0.4) is 0 Å². The molecule has 0 saturated carbocycles. The van der Waals surface area contributed by atoms with Gasteiger partial charge in [-0.25, -0.2) is 4.98 Å². The molecule has 1 atom stereocenters. The van der Waals surface area contributed by atoms with Crippen molar-refractivity contribution in [3.8, 4) is 0 Å². The minimum Gasteiger partial charge on any atom is -0.383 e. The molecule has 0 saturated heterocycles. The highest BCUT2D eigenvalue weighted by atomic mass is 16.5. The second kappa shape index (κ2) is 6.42. The standard InChI is InChI=1S/C11H20N4O/c1-3-4-16-7-10(15-13)9-5-8(2)6-14-11(9)12/h5-6,10,15H,3-4,7,13H2,1-2H3,(H2,12,14). The molecule has 90 valence electrons. The molecule has 0 amide bonds. The van der Waals surface area contributed by atoms with E-state index in [4.69, 9.17) is 16.3 Å². The SMILES string of the molecule is CCCOCC(NN)c1cc(C)cnc1N. The predicted octanol–water partition coefficient (Wildman–Crippen LogP) is 0.903. The number of nitrogens with zero attached hydrogens (tertiary/aromatic N) is 1. The van der Waals surface area contributed by atoms with Crippen molar-refractivity contribution < 1.29 is 4.74 Å². The molecule has 0 spiro atoms. The number of hydrazine groups is 1. The zero-order valence-electron chi connectivity index (χ0n) is 9.86. The van der Waals surface area contributed by atoms with Crippen LogP contribution < -0.4 is 17.0 Å². The smallest absolute Gasteiger partial charge is 0.128 e. The zero-order valence-corrected chi connectivity index (χ0v) is 9.86. The van der Waals surface area contributed by atoms with Crippen molar-refractivity contribution in [1.29, 1.82) is 0 Å². The predicted molar refractivity (Wildman–Crippen MR) is 64.6 cm³/mol. The molecule has 0 radical (unpaired) electrons. The summed E-state index contributed by atoms with van der Waals surface area (Å²) in [5.41, 5.74) is 10.5. The first-order valence-electron chi connectivity index (χ1n) is 5.45. The van der Waals surface area contributed by atoms with Crippen molar-refractivity contribution in [2.24, 2.45) is 5.84 Å². The lowest BCUT2D eigenvalue weighted by Crippen LogP contribution is -2.32. The maximum atomic E-state index is 5.81. The largest absolute Gasteiger partial charge is 0.383 e. The number of hydrogen-bond donors (Lipinski definition) is 3. The van der Waals surface area contributed by atoms with E-state index in [0.29, 0.717) is 12.4 Å². The Labute approximate surface area is 96.2 Å². The van der Waals surface area contributed by atoms with Gasteiger partial charge in [-0.05, 0) is 25.0 Å². The van der Waals surface area contributed by atoms with Gasteiger partial charge in [-0.2, -0.15) is 0 Å². The van der Waals surface area contributed by atoms with E-state index in [1.165, 1.54) is 0 Å². The van der Waals surface area contributed by atoms with Crippen LogP contribution in [-0.2, 0) is 4.74 Å². The Morgan fingerprint density at radius 3 is 2.94 bits per heavy atom. The van der Waals surface area contributed by atoms with Gasteiger partial charge in [0.05, 0.1) is 12.6 Å². The van der Waals surface area contributed by atoms with E-state index in [1.807, 2.05) is 13.0 Å². The lowest BCUT2D eigenvalue weighted by Gasteiger charge is -2.18. The van der Waals surface area contributed by atoms with Crippen molar-refractivity contribution in [3.05, 3.63) is 23.4 Å². The summed E-state index contributed by atoms with van der Waals surface area (Å²) in [6.45, 7) is 5.25. The first-order valence-corrected chi connectivity index (χ1v) is 5.45. The maximum Gasteiger partial charge on any atom is 0.128 e. The number of nitrogens with two attached hydrogens (primary N) is 2. The van der Waals surface area contributed by atoms with Gasteiger partial charge in [0, 0.05) is 18.4 Å². The minimum atomic E-state index is -0.112. The topological polar surface area (TPSA) is 86.2 Å². The van der Waals surface area contributed by atoms with Gasteiger partial charge >= 0.3 is 0 Å². The van der Waals surface area contributed by atoms with Crippen molar-refractivity contribution in [3.63, 3.8) is 0 Å². The molecule has 5 heteroatoms. The summed E-state index contributed by atoms with van der Waals surface area (Å²) in [7, 11) is 0. The number of hydrogen-bond acceptors (Lipinski definition) is 5. The molecule has 16 heavy (non-hydrogen) atoms. The normalized spacial score (nSPS) is 12.7. The molecule has 0 bridgehead atoms. The molecule has 1 aromatic rings. The van der Waals surface area contributed by atoms with Crippen molar-refractivity contribution in [1.82, 2.24) is 10.4 Å². The van der Waals surface area contributed by atoms with Crippen LogP contribution in [0.5, 0.6) is 0 Å². The number of nitrogen functional groups attached to an aromatic ring is 1. The summed E-state index contributed by atoms with van der Waals surface area (Å²) in [5, 5.41) is 0. The van der Waals surface area contributed by atoms with Crippen LogP contribution in [0.4, 0.5) is 5.82 Å². The van der Waals surface area contributed by atoms with Crippen LogP contribution in [0.1, 0.15) is 30.5 Å². The molecule has 5 nitrogen and oxygen atoms in total. The van der Waals surface area contributed by atoms with Crippen LogP contribution in [0.2, 0.25) is 0 Å². The van der Waals surface area contributed by atoms with Crippen LogP contribution in [-0.4, -0.2) is 18.2 Å². The molecule has 0 aliphatic heterocycles. The summed E-state index contributed by atoms with van der Waals surface area (Å²) in [4.78, 5) is 4.10. The highest BCUT2D eigenvalue weighted by Gasteiger charge is 2.13. The van der Waals surface area contributed by atoms with E-state index in [0.717, 1.165) is 24.2 Å². The Morgan fingerprint density at radius 2 is 2.31 bits per heavy atom. The lowest BCUT2D eigenvalue weighted by atomic mass is 10.1. The third-order valence-electron chi connectivity index (χ3n) is 2.30. The first kappa shape index (κ1) is 12.9. The average Bonchev–Trinajstić information content (AvgIpc) is 2.28. The highest BCUT2D eigenvalue weighted by molar-refractivity contribution is 5.42. The van der Waals surface area contributed by atoms with Crippen molar-refractivity contribution in [2.75, 3.05) is 18.9 Å². The molecule has 0 aliphatic rings. The fraction of sp³-hybridized carbons (Fsp3) is 0.545. The maximum absolute atomic E-state index is 5.81. The average molecular weight is 224 g/mol. The van der Waals surface area contributed by atoms with Gasteiger partial charge in [-0.3, -0.25) is 11.3 Å². The number of aromatic nitrogens is 1. The van der Waals surface area contributed by atoms with E-state index < -0.39 is 0 Å². The number of anilines is 1. The van der Waals surface area contributed by atoms with Gasteiger partial charge in [0.1, 0.15) is 5.82 Å². The summed E-state index contributed by atoms with van der Waals surface area (Å²) in [6.07, 6.45) is 2.72. The van der Waals surface area contributed by atoms with E-state index in [2.05, 4.69) is 17.3 Å². The monoisotopic (exact) mass is 224 g/mol. The number of pyridine rings is 1. The van der Waals surface area contributed by atoms with Gasteiger partial charge in [0.15, 0.2) is 0 Å². The number of rotatable bonds is 6. The second-order valence-electron chi connectivity index (χ2n) is 3.78. The minimum absolute atomic E-state index is 0.112.